The largest absolute Gasteiger partial charge is 0.352 e. The van der Waals surface area contributed by atoms with Crippen LogP contribution in [0.25, 0.3) is 0 Å². The molecule has 6 heteroatoms. The first-order chi connectivity index (χ1) is 9.69. The lowest BCUT2D eigenvalue weighted by molar-refractivity contribution is 0.617. The van der Waals surface area contributed by atoms with E-state index in [0.717, 1.165) is 18.1 Å². The van der Waals surface area contributed by atoms with E-state index in [1.165, 1.54) is 10.9 Å². The number of guanidine groups is 1. The van der Waals surface area contributed by atoms with E-state index in [0.29, 0.717) is 12.1 Å². The summed E-state index contributed by atoms with van der Waals surface area (Å²) in [7, 11) is 1.74. The number of aliphatic imine (C=N–C) groups is 1. The van der Waals surface area contributed by atoms with Crippen molar-refractivity contribution in [1.29, 1.82) is 0 Å². The Morgan fingerprint density at radius 2 is 2.00 bits per heavy atom. The van der Waals surface area contributed by atoms with Gasteiger partial charge in [0.2, 0.25) is 0 Å². The maximum atomic E-state index is 13.2. The smallest absolute Gasteiger partial charge is 0.191 e. The third kappa shape index (κ3) is 5.62. The van der Waals surface area contributed by atoms with Gasteiger partial charge in [-0.25, -0.2) is 4.39 Å². The molecule has 0 bridgehead atoms. The van der Waals surface area contributed by atoms with E-state index in [4.69, 9.17) is 0 Å². The van der Waals surface area contributed by atoms with Gasteiger partial charge in [-0.15, -0.1) is 35.3 Å². The Labute approximate surface area is 145 Å². The molecule has 1 aromatic heterocycles. The summed E-state index contributed by atoms with van der Waals surface area (Å²) in [5.41, 5.74) is 1.69. The van der Waals surface area contributed by atoms with Crippen LogP contribution in [0, 0.1) is 12.7 Å². The lowest BCUT2D eigenvalue weighted by Gasteiger charge is -2.11. The molecule has 2 N–H and O–H groups in total. The molecule has 0 saturated carbocycles. The summed E-state index contributed by atoms with van der Waals surface area (Å²) in [5.74, 6) is 0.564. The summed E-state index contributed by atoms with van der Waals surface area (Å²) in [5, 5.41) is 8.51. The van der Waals surface area contributed by atoms with Gasteiger partial charge in [-0.05, 0) is 35.6 Å². The average molecular weight is 419 g/mol. The Bertz CT molecular complexity index is 585. The van der Waals surface area contributed by atoms with Crippen molar-refractivity contribution < 1.29 is 4.39 Å². The van der Waals surface area contributed by atoms with Crippen LogP contribution >= 0.6 is 35.3 Å². The van der Waals surface area contributed by atoms with Gasteiger partial charge in [0.15, 0.2) is 5.96 Å². The molecular formula is C15H19FIN3S. The van der Waals surface area contributed by atoms with Crippen molar-refractivity contribution >= 4 is 41.3 Å². The van der Waals surface area contributed by atoms with Crippen molar-refractivity contribution in [3.8, 4) is 0 Å². The number of hydrogen-bond donors (Lipinski definition) is 2. The number of thiophene rings is 1. The first-order valence-electron chi connectivity index (χ1n) is 6.41. The van der Waals surface area contributed by atoms with Gasteiger partial charge in [0.05, 0.1) is 6.54 Å². The highest BCUT2D eigenvalue weighted by atomic mass is 127. The second kappa shape index (κ2) is 8.99. The zero-order valence-corrected chi connectivity index (χ0v) is 15.2. The standard InChI is InChI=1S/C15H18FN3S.HI/c1-11-8-12(5-6-14(11)16)9-18-15(17-2)19-10-13-4-3-7-20-13;/h3-8H,9-10H2,1-2H3,(H2,17,18,19);1H. The molecular weight excluding hydrogens is 400 g/mol. The Balaban J connectivity index is 0.00000220. The number of nitrogens with zero attached hydrogens (tertiary/aromatic N) is 1. The minimum Gasteiger partial charge on any atom is -0.352 e. The minimum absolute atomic E-state index is 0. The third-order valence-corrected chi connectivity index (χ3v) is 3.79. The first kappa shape index (κ1) is 17.9. The van der Waals surface area contributed by atoms with E-state index in [1.54, 1.807) is 31.4 Å². The third-order valence-electron chi connectivity index (χ3n) is 2.92. The van der Waals surface area contributed by atoms with Crippen LogP contribution in [0.3, 0.4) is 0 Å². The summed E-state index contributed by atoms with van der Waals surface area (Å²) < 4.78 is 13.2. The molecule has 1 heterocycles. The topological polar surface area (TPSA) is 36.4 Å². The minimum atomic E-state index is -0.172. The van der Waals surface area contributed by atoms with Gasteiger partial charge in [0.1, 0.15) is 5.82 Å². The van der Waals surface area contributed by atoms with Crippen molar-refractivity contribution in [2.45, 2.75) is 20.0 Å². The predicted octanol–water partition coefficient (Wildman–Crippen LogP) is 3.68. The van der Waals surface area contributed by atoms with Gasteiger partial charge in [0.25, 0.3) is 0 Å². The van der Waals surface area contributed by atoms with Crippen LogP contribution in [0.4, 0.5) is 4.39 Å². The fraction of sp³-hybridized carbons (Fsp3) is 0.267. The molecule has 0 spiro atoms. The highest BCUT2D eigenvalue weighted by Crippen LogP contribution is 2.09. The fourth-order valence-electron chi connectivity index (χ4n) is 1.81. The maximum Gasteiger partial charge on any atom is 0.191 e. The van der Waals surface area contributed by atoms with Gasteiger partial charge in [-0.1, -0.05) is 18.2 Å². The maximum absolute atomic E-state index is 13.2. The van der Waals surface area contributed by atoms with Crippen molar-refractivity contribution in [1.82, 2.24) is 10.6 Å². The Kier molecular flexibility index (Phi) is 7.66. The van der Waals surface area contributed by atoms with Crippen LogP contribution in [0.5, 0.6) is 0 Å². The lowest BCUT2D eigenvalue weighted by Crippen LogP contribution is -2.36. The molecule has 0 unspecified atom stereocenters. The fourth-order valence-corrected chi connectivity index (χ4v) is 2.45. The molecule has 0 amide bonds. The highest BCUT2D eigenvalue weighted by molar-refractivity contribution is 14.0. The molecule has 114 valence electrons. The number of aryl methyl sites for hydroxylation is 1. The zero-order valence-electron chi connectivity index (χ0n) is 12.0. The normalized spacial score (nSPS) is 10.9. The zero-order chi connectivity index (χ0) is 14.4. The Hall–Kier alpha value is -1.15. The van der Waals surface area contributed by atoms with E-state index >= 15 is 0 Å². The van der Waals surface area contributed by atoms with Crippen LogP contribution in [-0.4, -0.2) is 13.0 Å². The molecule has 2 rings (SSSR count). The van der Waals surface area contributed by atoms with Crippen LogP contribution in [0.2, 0.25) is 0 Å². The summed E-state index contributed by atoms with van der Waals surface area (Å²) in [6.45, 7) is 3.13. The molecule has 21 heavy (non-hydrogen) atoms. The number of halogens is 2. The molecule has 0 aliphatic rings. The molecule has 2 aromatic rings. The SMILES string of the molecule is CN=C(NCc1ccc(F)c(C)c1)NCc1cccs1.I. The number of nitrogens with one attached hydrogen (secondary N) is 2. The average Bonchev–Trinajstić information content (AvgIpc) is 2.96. The molecule has 0 fully saturated rings. The second-order valence-electron chi connectivity index (χ2n) is 4.44. The molecule has 0 radical (unpaired) electrons. The molecule has 3 nitrogen and oxygen atoms in total. The quantitative estimate of drug-likeness (QED) is 0.451. The van der Waals surface area contributed by atoms with E-state index in [9.17, 15) is 4.39 Å². The highest BCUT2D eigenvalue weighted by Gasteiger charge is 2.02. The van der Waals surface area contributed by atoms with E-state index in [2.05, 4.69) is 27.1 Å². The monoisotopic (exact) mass is 419 g/mol. The summed E-state index contributed by atoms with van der Waals surface area (Å²) in [6, 6.07) is 9.22. The predicted molar refractivity (Wildman–Crippen MR) is 97.9 cm³/mol. The summed E-state index contributed by atoms with van der Waals surface area (Å²) >= 11 is 1.71. The molecule has 0 aliphatic heterocycles. The Morgan fingerprint density at radius 1 is 1.24 bits per heavy atom. The van der Waals surface area contributed by atoms with E-state index < -0.39 is 0 Å². The molecule has 0 atom stereocenters. The van der Waals surface area contributed by atoms with Crippen LogP contribution < -0.4 is 10.6 Å². The van der Waals surface area contributed by atoms with Crippen LogP contribution in [0.1, 0.15) is 16.0 Å². The van der Waals surface area contributed by atoms with E-state index in [1.807, 2.05) is 12.1 Å². The van der Waals surface area contributed by atoms with Crippen molar-refractivity contribution in [2.24, 2.45) is 4.99 Å². The van der Waals surface area contributed by atoms with Gasteiger partial charge in [-0.2, -0.15) is 0 Å². The van der Waals surface area contributed by atoms with Crippen LogP contribution in [-0.2, 0) is 13.1 Å². The van der Waals surface area contributed by atoms with Crippen molar-refractivity contribution in [3.63, 3.8) is 0 Å². The van der Waals surface area contributed by atoms with Crippen LogP contribution in [0.15, 0.2) is 40.7 Å². The molecule has 0 saturated heterocycles. The van der Waals surface area contributed by atoms with Crippen molar-refractivity contribution in [3.05, 3.63) is 57.5 Å². The van der Waals surface area contributed by atoms with Gasteiger partial charge in [0, 0.05) is 18.5 Å². The first-order valence-corrected chi connectivity index (χ1v) is 7.29. The number of hydrogen-bond acceptors (Lipinski definition) is 2. The van der Waals surface area contributed by atoms with Gasteiger partial charge >= 0.3 is 0 Å². The number of benzene rings is 1. The summed E-state index contributed by atoms with van der Waals surface area (Å²) in [6.07, 6.45) is 0. The lowest BCUT2D eigenvalue weighted by atomic mass is 10.1. The molecule has 1 aromatic carbocycles. The van der Waals surface area contributed by atoms with Gasteiger partial charge in [-0.3, -0.25) is 4.99 Å². The molecule has 0 aliphatic carbocycles. The second-order valence-corrected chi connectivity index (χ2v) is 5.47. The van der Waals surface area contributed by atoms with Crippen molar-refractivity contribution in [2.75, 3.05) is 7.05 Å². The van der Waals surface area contributed by atoms with Gasteiger partial charge < -0.3 is 10.6 Å². The Morgan fingerprint density at radius 3 is 2.62 bits per heavy atom. The summed E-state index contributed by atoms with van der Waals surface area (Å²) in [4.78, 5) is 5.42. The number of rotatable bonds is 4. The van der Waals surface area contributed by atoms with E-state index in [-0.39, 0.29) is 29.8 Å².